The highest BCUT2D eigenvalue weighted by atomic mass is 19.2. The van der Waals surface area contributed by atoms with Gasteiger partial charge in [-0.05, 0) is 43.4 Å². The molecule has 126 valence electrons. The summed E-state index contributed by atoms with van der Waals surface area (Å²) in [6.45, 7) is 0. The van der Waals surface area contributed by atoms with Crippen molar-refractivity contribution in [2.45, 2.75) is 56.9 Å². The van der Waals surface area contributed by atoms with Gasteiger partial charge in [0.2, 0.25) is 5.91 Å². The zero-order valence-electron chi connectivity index (χ0n) is 12.9. The van der Waals surface area contributed by atoms with Crippen molar-refractivity contribution in [3.63, 3.8) is 0 Å². The van der Waals surface area contributed by atoms with Crippen molar-refractivity contribution in [2.24, 2.45) is 0 Å². The summed E-state index contributed by atoms with van der Waals surface area (Å²) in [5.74, 6) is -2.87. The largest absolute Gasteiger partial charge is 0.481 e. The highest BCUT2D eigenvalue weighted by Crippen LogP contribution is 2.32. The molecule has 1 aliphatic rings. The molecular weight excluding hydrogens is 304 g/mol. The maximum atomic E-state index is 13.1. The van der Waals surface area contributed by atoms with Crippen LogP contribution in [0, 0.1) is 11.6 Å². The van der Waals surface area contributed by atoms with Crippen molar-refractivity contribution in [2.75, 3.05) is 0 Å². The molecule has 0 radical (unpaired) electrons. The Morgan fingerprint density at radius 3 is 2.48 bits per heavy atom. The Morgan fingerprint density at radius 1 is 1.17 bits per heavy atom. The Hall–Kier alpha value is -1.98. The quantitative estimate of drug-likeness (QED) is 0.809. The normalized spacial score (nSPS) is 16.3. The van der Waals surface area contributed by atoms with E-state index in [0.717, 1.165) is 25.0 Å². The van der Waals surface area contributed by atoms with Gasteiger partial charge in [-0.2, -0.15) is 0 Å². The third-order valence-corrected chi connectivity index (χ3v) is 4.31. The van der Waals surface area contributed by atoms with E-state index < -0.39 is 23.1 Å². The number of carboxylic acid groups (broad SMARTS) is 1. The first-order chi connectivity index (χ1) is 10.9. The molecule has 0 spiro atoms. The molecule has 4 nitrogen and oxygen atoms in total. The molecule has 0 bridgehead atoms. The Kier molecular flexibility index (Phi) is 5.69. The van der Waals surface area contributed by atoms with Crippen LogP contribution >= 0.6 is 0 Å². The van der Waals surface area contributed by atoms with Crippen LogP contribution in [0.3, 0.4) is 0 Å². The van der Waals surface area contributed by atoms with Gasteiger partial charge in [-0.1, -0.05) is 18.9 Å². The summed E-state index contributed by atoms with van der Waals surface area (Å²) in [6.07, 6.45) is 4.37. The molecule has 0 aromatic heterocycles. The van der Waals surface area contributed by atoms with Crippen LogP contribution in [0.5, 0.6) is 0 Å². The predicted molar refractivity (Wildman–Crippen MR) is 80.9 cm³/mol. The number of nitrogens with one attached hydrogen (secondary N) is 1. The number of carboxylic acids is 1. The van der Waals surface area contributed by atoms with Gasteiger partial charge in [-0.25, -0.2) is 8.78 Å². The molecule has 1 amide bonds. The van der Waals surface area contributed by atoms with Crippen LogP contribution in [-0.2, 0) is 16.0 Å². The van der Waals surface area contributed by atoms with Crippen LogP contribution in [0.1, 0.15) is 50.5 Å². The third kappa shape index (κ3) is 5.01. The molecule has 1 aromatic rings. The molecule has 0 atom stereocenters. The van der Waals surface area contributed by atoms with E-state index in [4.69, 9.17) is 5.11 Å². The number of carbonyl (C=O) groups excluding carboxylic acids is 1. The van der Waals surface area contributed by atoms with Crippen molar-refractivity contribution in [1.29, 1.82) is 0 Å². The van der Waals surface area contributed by atoms with Gasteiger partial charge in [-0.3, -0.25) is 9.59 Å². The topological polar surface area (TPSA) is 66.4 Å². The maximum Gasteiger partial charge on any atom is 0.305 e. The first-order valence-electron chi connectivity index (χ1n) is 7.87. The summed E-state index contributed by atoms with van der Waals surface area (Å²) < 4.78 is 25.9. The van der Waals surface area contributed by atoms with E-state index in [-0.39, 0.29) is 18.7 Å². The van der Waals surface area contributed by atoms with Crippen molar-refractivity contribution >= 4 is 11.9 Å². The van der Waals surface area contributed by atoms with Crippen LogP contribution in [0.25, 0.3) is 0 Å². The average molecular weight is 325 g/mol. The molecule has 1 aromatic carbocycles. The van der Waals surface area contributed by atoms with E-state index in [0.29, 0.717) is 31.2 Å². The molecule has 0 saturated heterocycles. The Morgan fingerprint density at radius 2 is 1.87 bits per heavy atom. The lowest BCUT2D eigenvalue weighted by Crippen LogP contribution is -2.47. The standard InChI is InChI=1S/C17H21F2NO3/c18-13-7-6-12(10-14(13)19)4-3-5-15(21)20-17(11-16(22)23)8-1-2-9-17/h6-7,10H,1-5,8-9,11H2,(H,20,21)(H,22,23). The minimum Gasteiger partial charge on any atom is -0.481 e. The van der Waals surface area contributed by atoms with E-state index in [9.17, 15) is 18.4 Å². The number of halogens is 2. The zero-order chi connectivity index (χ0) is 16.9. The summed E-state index contributed by atoms with van der Waals surface area (Å²) in [5.41, 5.74) is 0.0167. The van der Waals surface area contributed by atoms with Crippen molar-refractivity contribution in [3.8, 4) is 0 Å². The molecule has 2 N–H and O–H groups in total. The maximum absolute atomic E-state index is 13.1. The molecule has 0 aliphatic heterocycles. The van der Waals surface area contributed by atoms with Crippen LogP contribution in [0.2, 0.25) is 0 Å². The second kappa shape index (κ2) is 7.53. The highest BCUT2D eigenvalue weighted by Gasteiger charge is 2.37. The molecule has 0 unspecified atom stereocenters. The van der Waals surface area contributed by atoms with Gasteiger partial charge in [0, 0.05) is 6.42 Å². The second-order valence-electron chi connectivity index (χ2n) is 6.21. The lowest BCUT2D eigenvalue weighted by atomic mass is 9.93. The lowest BCUT2D eigenvalue weighted by Gasteiger charge is -2.28. The third-order valence-electron chi connectivity index (χ3n) is 4.31. The number of benzene rings is 1. The number of hydrogen-bond acceptors (Lipinski definition) is 2. The van der Waals surface area contributed by atoms with Crippen LogP contribution in [0.4, 0.5) is 8.78 Å². The molecule has 0 heterocycles. The van der Waals surface area contributed by atoms with E-state index in [2.05, 4.69) is 5.32 Å². The van der Waals surface area contributed by atoms with Crippen molar-refractivity contribution < 1.29 is 23.5 Å². The fraction of sp³-hybridized carbons (Fsp3) is 0.529. The molecule has 23 heavy (non-hydrogen) atoms. The Balaban J connectivity index is 1.82. The summed E-state index contributed by atoms with van der Waals surface area (Å²) in [7, 11) is 0. The molecule has 1 aliphatic carbocycles. The van der Waals surface area contributed by atoms with Crippen molar-refractivity contribution in [1.82, 2.24) is 5.32 Å². The minimum absolute atomic E-state index is 0.0537. The molecular formula is C17H21F2NO3. The van der Waals surface area contributed by atoms with E-state index >= 15 is 0 Å². The fourth-order valence-corrected chi connectivity index (χ4v) is 3.19. The highest BCUT2D eigenvalue weighted by molar-refractivity contribution is 5.78. The molecule has 1 saturated carbocycles. The van der Waals surface area contributed by atoms with Crippen LogP contribution < -0.4 is 5.32 Å². The Bertz CT molecular complexity index is 583. The van der Waals surface area contributed by atoms with Gasteiger partial charge in [0.15, 0.2) is 11.6 Å². The second-order valence-corrected chi connectivity index (χ2v) is 6.21. The number of rotatable bonds is 7. The van der Waals surface area contributed by atoms with E-state index in [1.807, 2.05) is 0 Å². The van der Waals surface area contributed by atoms with E-state index in [1.54, 1.807) is 0 Å². The average Bonchev–Trinajstić information content (AvgIpc) is 2.89. The van der Waals surface area contributed by atoms with Gasteiger partial charge in [-0.15, -0.1) is 0 Å². The molecule has 1 fully saturated rings. The van der Waals surface area contributed by atoms with Gasteiger partial charge < -0.3 is 10.4 Å². The minimum atomic E-state index is -0.908. The number of carbonyl (C=O) groups is 2. The molecule has 2 rings (SSSR count). The first kappa shape index (κ1) is 17.4. The van der Waals surface area contributed by atoms with Gasteiger partial charge in [0.05, 0.1) is 12.0 Å². The number of hydrogen-bond donors (Lipinski definition) is 2. The van der Waals surface area contributed by atoms with Crippen LogP contribution in [-0.4, -0.2) is 22.5 Å². The number of aliphatic carboxylic acids is 1. The summed E-state index contributed by atoms with van der Waals surface area (Å²) >= 11 is 0. The van der Waals surface area contributed by atoms with E-state index in [1.165, 1.54) is 6.07 Å². The monoisotopic (exact) mass is 325 g/mol. The smallest absolute Gasteiger partial charge is 0.305 e. The van der Waals surface area contributed by atoms with Gasteiger partial charge in [0.1, 0.15) is 0 Å². The SMILES string of the molecule is O=C(O)CC1(NC(=O)CCCc2ccc(F)c(F)c2)CCCC1. The first-order valence-corrected chi connectivity index (χ1v) is 7.87. The van der Waals surface area contributed by atoms with Gasteiger partial charge >= 0.3 is 5.97 Å². The zero-order valence-corrected chi connectivity index (χ0v) is 12.9. The number of aryl methyl sites for hydroxylation is 1. The lowest BCUT2D eigenvalue weighted by molar-refractivity contribution is -0.139. The van der Waals surface area contributed by atoms with Gasteiger partial charge in [0.25, 0.3) is 0 Å². The van der Waals surface area contributed by atoms with Crippen molar-refractivity contribution in [3.05, 3.63) is 35.4 Å². The predicted octanol–water partition coefficient (Wildman–Crippen LogP) is 3.19. The van der Waals surface area contributed by atoms with Crippen LogP contribution in [0.15, 0.2) is 18.2 Å². The number of amides is 1. The summed E-state index contributed by atoms with van der Waals surface area (Å²) in [5, 5.41) is 11.9. The summed E-state index contributed by atoms with van der Waals surface area (Å²) in [4.78, 5) is 23.0. The summed E-state index contributed by atoms with van der Waals surface area (Å²) in [6, 6.07) is 3.71. The molecule has 6 heteroatoms. The fourth-order valence-electron chi connectivity index (χ4n) is 3.19. The Labute approximate surface area is 133 Å².